The van der Waals surface area contributed by atoms with E-state index in [9.17, 15) is 0 Å². The molecule has 94 valence electrons. The van der Waals surface area contributed by atoms with E-state index in [0.29, 0.717) is 6.04 Å². The molecule has 1 unspecified atom stereocenters. The van der Waals surface area contributed by atoms with E-state index in [1.54, 1.807) is 0 Å². The smallest absolute Gasteiger partial charge is 0.0660 e. The van der Waals surface area contributed by atoms with Crippen LogP contribution in [0, 0.1) is 2.88 Å². The summed E-state index contributed by atoms with van der Waals surface area (Å²) < 4.78 is 1.38. The summed E-state index contributed by atoms with van der Waals surface area (Å²) in [6.45, 7) is 0. The fourth-order valence-electron chi connectivity index (χ4n) is 2.44. The van der Waals surface area contributed by atoms with Crippen molar-refractivity contribution in [3.05, 3.63) is 48.7 Å². The number of hydrogen-bond acceptors (Lipinski definition) is 2. The zero-order valence-corrected chi connectivity index (χ0v) is 13.5. The maximum Gasteiger partial charge on any atom is 0.0660 e. The number of nitrogens with one attached hydrogen (secondary N) is 1. The summed E-state index contributed by atoms with van der Waals surface area (Å²) in [5.74, 6) is 0. The van der Waals surface area contributed by atoms with Gasteiger partial charge in [0.2, 0.25) is 0 Å². The molecule has 18 heavy (non-hydrogen) atoms. The number of aryl methyl sites for hydroxylation is 1. The largest absolute Gasteiger partial charge is 0.377 e. The number of thiophene rings is 1. The first-order valence-corrected chi connectivity index (χ1v) is 8.30. The van der Waals surface area contributed by atoms with Crippen molar-refractivity contribution in [2.75, 3.05) is 5.32 Å². The molecule has 4 heteroatoms. The van der Waals surface area contributed by atoms with E-state index in [-0.39, 0.29) is 0 Å². The number of para-hydroxylation sites is 1. The zero-order valence-electron chi connectivity index (χ0n) is 9.75. The van der Waals surface area contributed by atoms with Crippen LogP contribution in [0.3, 0.4) is 0 Å². The Kier molecular flexibility index (Phi) is 3.82. The lowest BCUT2D eigenvalue weighted by molar-refractivity contribution is 0.609. The van der Waals surface area contributed by atoms with E-state index in [1.807, 2.05) is 35.6 Å². The minimum Gasteiger partial charge on any atom is -0.377 e. The number of hydrogen-bond donors (Lipinski definition) is 1. The van der Waals surface area contributed by atoms with Crippen molar-refractivity contribution < 1.29 is 0 Å². The highest BCUT2D eigenvalue weighted by atomic mass is 127. The third kappa shape index (κ3) is 2.53. The fraction of sp³-hybridized carbons (Fsp3) is 0.286. The lowest BCUT2D eigenvalue weighted by Gasteiger charge is -2.25. The molecule has 0 aliphatic heterocycles. The third-order valence-electron chi connectivity index (χ3n) is 3.29. The predicted octanol–water partition coefficient (Wildman–Crippen LogP) is 5.50. The first kappa shape index (κ1) is 12.8. The van der Waals surface area contributed by atoms with Crippen LogP contribution in [0.15, 0.2) is 30.3 Å². The van der Waals surface area contributed by atoms with E-state index in [4.69, 9.17) is 11.6 Å². The van der Waals surface area contributed by atoms with Crippen molar-refractivity contribution in [3.63, 3.8) is 0 Å². The number of anilines is 1. The van der Waals surface area contributed by atoms with Crippen LogP contribution in [0.4, 0.5) is 5.69 Å². The van der Waals surface area contributed by atoms with Gasteiger partial charge in [-0.15, -0.1) is 11.3 Å². The van der Waals surface area contributed by atoms with Crippen molar-refractivity contribution >= 4 is 51.2 Å². The fourth-order valence-corrected chi connectivity index (χ4v) is 4.75. The Morgan fingerprint density at radius 1 is 1.33 bits per heavy atom. The Morgan fingerprint density at radius 2 is 2.17 bits per heavy atom. The second-order valence-electron chi connectivity index (χ2n) is 4.50. The van der Waals surface area contributed by atoms with Crippen LogP contribution >= 0.6 is 45.5 Å². The van der Waals surface area contributed by atoms with Crippen LogP contribution < -0.4 is 5.32 Å². The quantitative estimate of drug-likeness (QED) is 0.669. The van der Waals surface area contributed by atoms with Crippen molar-refractivity contribution in [1.29, 1.82) is 0 Å². The van der Waals surface area contributed by atoms with Gasteiger partial charge in [-0.1, -0.05) is 23.7 Å². The first-order chi connectivity index (χ1) is 8.74. The molecule has 1 atom stereocenters. The first-order valence-electron chi connectivity index (χ1n) is 6.03. The average Bonchev–Trinajstić information content (AvgIpc) is 2.73. The zero-order chi connectivity index (χ0) is 12.5. The standard InChI is InChI=1S/C14H13ClINS/c15-10-4-1-2-5-12(10)17-11-6-3-7-13-9(11)8-14(16)18-13/h1-2,4-5,8,11,17H,3,6-7H2. The minimum absolute atomic E-state index is 0.411. The Labute approximate surface area is 130 Å². The van der Waals surface area contributed by atoms with Crippen LogP contribution in [0.1, 0.15) is 29.3 Å². The van der Waals surface area contributed by atoms with Crippen molar-refractivity contribution in [3.8, 4) is 0 Å². The second kappa shape index (κ2) is 5.39. The summed E-state index contributed by atoms with van der Waals surface area (Å²) in [7, 11) is 0. The molecule has 1 aliphatic rings. The Hall–Kier alpha value is -0.260. The molecule has 1 N–H and O–H groups in total. The lowest BCUT2D eigenvalue weighted by atomic mass is 9.94. The van der Waals surface area contributed by atoms with E-state index in [0.717, 1.165) is 10.7 Å². The molecule has 0 fully saturated rings. The highest BCUT2D eigenvalue weighted by Gasteiger charge is 2.22. The van der Waals surface area contributed by atoms with Gasteiger partial charge >= 0.3 is 0 Å². The Morgan fingerprint density at radius 3 is 3.00 bits per heavy atom. The van der Waals surface area contributed by atoms with Gasteiger partial charge in [-0.3, -0.25) is 0 Å². The van der Waals surface area contributed by atoms with Gasteiger partial charge in [0.15, 0.2) is 0 Å². The topological polar surface area (TPSA) is 12.0 Å². The van der Waals surface area contributed by atoms with Crippen molar-refractivity contribution in [2.24, 2.45) is 0 Å². The molecule has 1 aromatic carbocycles. The molecule has 0 amide bonds. The Balaban J connectivity index is 1.88. The third-order valence-corrected chi connectivity index (χ3v) is 5.59. The molecule has 3 rings (SSSR count). The van der Waals surface area contributed by atoms with Gasteiger partial charge in [0.05, 0.1) is 19.6 Å². The minimum atomic E-state index is 0.411. The van der Waals surface area contributed by atoms with Gasteiger partial charge in [0, 0.05) is 4.88 Å². The van der Waals surface area contributed by atoms with E-state index in [2.05, 4.69) is 34.0 Å². The van der Waals surface area contributed by atoms with Gasteiger partial charge < -0.3 is 5.32 Å². The van der Waals surface area contributed by atoms with Gasteiger partial charge in [-0.05, 0) is 65.6 Å². The van der Waals surface area contributed by atoms with E-state index in [1.165, 1.54) is 32.6 Å². The summed E-state index contributed by atoms with van der Waals surface area (Å²) in [6.07, 6.45) is 3.67. The lowest BCUT2D eigenvalue weighted by Crippen LogP contribution is -2.15. The van der Waals surface area contributed by atoms with Gasteiger partial charge in [0.1, 0.15) is 0 Å². The monoisotopic (exact) mass is 389 g/mol. The van der Waals surface area contributed by atoms with Crippen LogP contribution in [0.2, 0.25) is 5.02 Å². The van der Waals surface area contributed by atoms with Crippen LogP contribution in [0.5, 0.6) is 0 Å². The summed E-state index contributed by atoms with van der Waals surface area (Å²) in [4.78, 5) is 1.54. The molecule has 0 saturated heterocycles. The second-order valence-corrected chi connectivity index (χ2v) is 7.94. The van der Waals surface area contributed by atoms with Gasteiger partial charge in [0.25, 0.3) is 0 Å². The summed E-state index contributed by atoms with van der Waals surface area (Å²) in [6, 6.07) is 10.7. The molecular weight excluding hydrogens is 377 g/mol. The molecule has 1 nitrogen and oxygen atoms in total. The van der Waals surface area contributed by atoms with E-state index >= 15 is 0 Å². The Bertz CT molecular complexity index is 567. The molecule has 0 bridgehead atoms. The summed E-state index contributed by atoms with van der Waals surface area (Å²) >= 11 is 10.5. The van der Waals surface area contributed by atoms with E-state index < -0.39 is 0 Å². The molecule has 1 heterocycles. The molecule has 0 spiro atoms. The maximum atomic E-state index is 6.21. The molecule has 1 aromatic heterocycles. The molecular formula is C14H13ClINS. The van der Waals surface area contributed by atoms with Crippen LogP contribution in [-0.2, 0) is 6.42 Å². The normalized spacial score (nSPS) is 18.4. The highest BCUT2D eigenvalue weighted by molar-refractivity contribution is 14.1. The number of halogens is 2. The van der Waals surface area contributed by atoms with Crippen LogP contribution in [0.25, 0.3) is 0 Å². The number of benzene rings is 1. The highest BCUT2D eigenvalue weighted by Crippen LogP contribution is 2.38. The number of rotatable bonds is 2. The molecule has 0 saturated carbocycles. The van der Waals surface area contributed by atoms with Crippen molar-refractivity contribution in [2.45, 2.75) is 25.3 Å². The number of fused-ring (bicyclic) bond motifs is 1. The average molecular weight is 390 g/mol. The SMILES string of the molecule is Clc1ccccc1NC1CCCc2sc(I)cc21. The summed E-state index contributed by atoms with van der Waals surface area (Å²) in [5.41, 5.74) is 2.51. The van der Waals surface area contributed by atoms with Crippen molar-refractivity contribution in [1.82, 2.24) is 0 Å². The predicted molar refractivity (Wildman–Crippen MR) is 87.8 cm³/mol. The maximum absolute atomic E-state index is 6.21. The molecule has 0 radical (unpaired) electrons. The van der Waals surface area contributed by atoms with Gasteiger partial charge in [-0.2, -0.15) is 0 Å². The van der Waals surface area contributed by atoms with Crippen LogP contribution in [-0.4, -0.2) is 0 Å². The molecule has 2 aromatic rings. The molecule has 1 aliphatic carbocycles. The van der Waals surface area contributed by atoms with Gasteiger partial charge in [-0.25, -0.2) is 0 Å². The summed E-state index contributed by atoms with van der Waals surface area (Å²) in [5, 5.41) is 4.39.